The van der Waals surface area contributed by atoms with Crippen molar-refractivity contribution in [3.8, 4) is 0 Å². The van der Waals surface area contributed by atoms with E-state index in [1.54, 1.807) is 11.1 Å². The molecule has 3 saturated carbocycles. The van der Waals surface area contributed by atoms with Crippen LogP contribution in [0.4, 0.5) is 0 Å². The Morgan fingerprint density at radius 2 is 2.33 bits per heavy atom. The molecule has 0 aromatic rings. The zero-order chi connectivity index (χ0) is 12.2. The molecule has 0 aromatic heterocycles. The van der Waals surface area contributed by atoms with Gasteiger partial charge < -0.3 is 4.74 Å². The smallest absolute Gasteiger partial charge is 0.110 e. The topological polar surface area (TPSA) is 9.23 Å². The molecule has 4 bridgehead atoms. The SMILES string of the molecule is ICC1CCC2(C3=CC=COC3)C3=CCCC2C31. The van der Waals surface area contributed by atoms with E-state index in [0.29, 0.717) is 5.41 Å². The van der Waals surface area contributed by atoms with E-state index < -0.39 is 0 Å². The fourth-order valence-electron chi connectivity index (χ4n) is 5.04. The summed E-state index contributed by atoms with van der Waals surface area (Å²) in [6.45, 7) is 0.825. The van der Waals surface area contributed by atoms with E-state index in [-0.39, 0.29) is 0 Å². The quantitative estimate of drug-likeness (QED) is 0.409. The van der Waals surface area contributed by atoms with Gasteiger partial charge in [-0.3, -0.25) is 0 Å². The molecule has 4 aliphatic carbocycles. The van der Waals surface area contributed by atoms with Crippen LogP contribution in [0.15, 0.2) is 35.6 Å². The minimum absolute atomic E-state index is 0.427. The number of hydrogen-bond acceptors (Lipinski definition) is 1. The summed E-state index contributed by atoms with van der Waals surface area (Å²) in [6, 6.07) is 0. The summed E-state index contributed by atoms with van der Waals surface area (Å²) in [5.74, 6) is 2.79. The average Bonchev–Trinajstić information content (AvgIpc) is 2.49. The number of allylic oxidation sites excluding steroid dienone is 4. The van der Waals surface area contributed by atoms with Crippen molar-refractivity contribution in [3.63, 3.8) is 0 Å². The lowest BCUT2D eigenvalue weighted by atomic mass is 9.37. The van der Waals surface area contributed by atoms with Gasteiger partial charge in [-0.2, -0.15) is 0 Å². The molecule has 96 valence electrons. The van der Waals surface area contributed by atoms with E-state index in [2.05, 4.69) is 40.8 Å². The van der Waals surface area contributed by atoms with Crippen LogP contribution < -0.4 is 0 Å². The van der Waals surface area contributed by atoms with E-state index in [0.717, 1.165) is 24.4 Å². The lowest BCUT2D eigenvalue weighted by Gasteiger charge is -2.67. The first kappa shape index (κ1) is 11.6. The van der Waals surface area contributed by atoms with Gasteiger partial charge in [0.25, 0.3) is 0 Å². The molecule has 5 rings (SSSR count). The Labute approximate surface area is 122 Å². The van der Waals surface area contributed by atoms with Gasteiger partial charge in [-0.1, -0.05) is 40.3 Å². The minimum Gasteiger partial charge on any atom is -0.497 e. The fraction of sp³-hybridized carbons (Fsp3) is 0.625. The maximum atomic E-state index is 5.57. The Hall–Kier alpha value is -0.250. The van der Waals surface area contributed by atoms with Crippen LogP contribution in [0.1, 0.15) is 25.7 Å². The van der Waals surface area contributed by atoms with Gasteiger partial charge in [0, 0.05) is 9.84 Å². The van der Waals surface area contributed by atoms with Crippen LogP contribution in [0.25, 0.3) is 0 Å². The molecule has 2 heteroatoms. The highest BCUT2D eigenvalue weighted by Gasteiger charge is 2.64. The molecular weight excluding hydrogens is 335 g/mol. The largest absolute Gasteiger partial charge is 0.497 e. The molecule has 1 aliphatic heterocycles. The Bertz CT molecular complexity index is 462. The Morgan fingerprint density at radius 1 is 1.39 bits per heavy atom. The van der Waals surface area contributed by atoms with Gasteiger partial charge in [0.15, 0.2) is 0 Å². The number of fused-ring (bicyclic) bond motifs is 2. The highest BCUT2D eigenvalue weighted by molar-refractivity contribution is 14.1. The lowest BCUT2D eigenvalue weighted by Crippen LogP contribution is -2.60. The molecule has 3 fully saturated rings. The Morgan fingerprint density at radius 3 is 3.00 bits per heavy atom. The van der Waals surface area contributed by atoms with Crippen molar-refractivity contribution in [2.45, 2.75) is 25.7 Å². The van der Waals surface area contributed by atoms with E-state index in [9.17, 15) is 0 Å². The van der Waals surface area contributed by atoms with Crippen LogP contribution in [-0.2, 0) is 4.74 Å². The van der Waals surface area contributed by atoms with Gasteiger partial charge in [-0.15, -0.1) is 0 Å². The Balaban J connectivity index is 1.75. The summed E-state index contributed by atoms with van der Waals surface area (Å²) in [5, 5.41) is 0. The highest BCUT2D eigenvalue weighted by atomic mass is 127. The standard InChI is InChI=1S/C16H19IO/c17-9-11-6-7-16(12-3-2-8-18-10-12)13-4-1-5-14(16)15(11)13/h2-4,8,11,14-15H,1,5-7,9-10H2. The molecular formula is C16H19IO. The number of hydrogen-bond donors (Lipinski definition) is 0. The van der Waals surface area contributed by atoms with Crippen LogP contribution in [0.5, 0.6) is 0 Å². The van der Waals surface area contributed by atoms with E-state index >= 15 is 0 Å². The predicted octanol–water partition coefficient (Wildman–Crippen LogP) is 4.25. The van der Waals surface area contributed by atoms with Crippen molar-refractivity contribution >= 4 is 22.6 Å². The number of rotatable bonds is 2. The van der Waals surface area contributed by atoms with Crippen molar-refractivity contribution in [1.82, 2.24) is 0 Å². The third kappa shape index (κ3) is 1.28. The molecule has 0 spiro atoms. The normalized spacial score (nSPS) is 44.6. The summed E-state index contributed by atoms with van der Waals surface area (Å²) in [5.41, 5.74) is 3.77. The molecule has 0 radical (unpaired) electrons. The highest BCUT2D eigenvalue weighted by Crippen LogP contribution is 2.72. The molecule has 0 amide bonds. The maximum Gasteiger partial charge on any atom is 0.110 e. The second-order valence-electron chi connectivity index (χ2n) is 6.12. The molecule has 1 heterocycles. The predicted molar refractivity (Wildman–Crippen MR) is 81.5 cm³/mol. The molecule has 4 unspecified atom stereocenters. The van der Waals surface area contributed by atoms with Gasteiger partial charge in [-0.05, 0) is 55.1 Å². The second-order valence-corrected chi connectivity index (χ2v) is 7.01. The first-order valence-corrected chi connectivity index (χ1v) is 8.65. The maximum absolute atomic E-state index is 5.57. The molecule has 0 N–H and O–H groups in total. The summed E-state index contributed by atoms with van der Waals surface area (Å²) in [7, 11) is 0. The van der Waals surface area contributed by atoms with Crippen molar-refractivity contribution < 1.29 is 4.74 Å². The Kier molecular flexibility index (Phi) is 2.65. The first-order chi connectivity index (χ1) is 8.88. The molecule has 1 nitrogen and oxygen atoms in total. The third-order valence-electron chi connectivity index (χ3n) is 5.68. The molecule has 18 heavy (non-hydrogen) atoms. The molecule has 0 aromatic carbocycles. The van der Waals surface area contributed by atoms with Crippen molar-refractivity contribution in [3.05, 3.63) is 35.6 Å². The van der Waals surface area contributed by atoms with Crippen molar-refractivity contribution in [1.29, 1.82) is 0 Å². The lowest BCUT2D eigenvalue weighted by molar-refractivity contribution is -0.0354. The minimum atomic E-state index is 0.427. The van der Waals surface area contributed by atoms with Gasteiger partial charge in [0.2, 0.25) is 0 Å². The van der Waals surface area contributed by atoms with Crippen molar-refractivity contribution in [2.75, 3.05) is 11.0 Å². The molecule has 5 aliphatic rings. The van der Waals surface area contributed by atoms with Gasteiger partial charge >= 0.3 is 0 Å². The zero-order valence-corrected chi connectivity index (χ0v) is 12.7. The van der Waals surface area contributed by atoms with Crippen molar-refractivity contribution in [2.24, 2.45) is 23.2 Å². The van der Waals surface area contributed by atoms with Crippen LogP contribution in [-0.4, -0.2) is 11.0 Å². The molecule has 0 saturated heterocycles. The van der Waals surface area contributed by atoms with Crippen LogP contribution >= 0.6 is 22.6 Å². The zero-order valence-electron chi connectivity index (χ0n) is 10.6. The fourth-order valence-corrected chi connectivity index (χ4v) is 6.03. The van der Waals surface area contributed by atoms with E-state index in [1.807, 2.05) is 6.26 Å². The van der Waals surface area contributed by atoms with Crippen LogP contribution in [0, 0.1) is 23.2 Å². The molecule has 4 atom stereocenters. The number of alkyl halides is 1. The average molecular weight is 354 g/mol. The second kappa shape index (κ2) is 4.12. The van der Waals surface area contributed by atoms with Gasteiger partial charge in [0.1, 0.15) is 6.61 Å². The van der Waals surface area contributed by atoms with E-state index in [4.69, 9.17) is 4.74 Å². The summed E-state index contributed by atoms with van der Waals surface area (Å²) in [6.07, 6.45) is 14.3. The number of halogens is 1. The monoisotopic (exact) mass is 354 g/mol. The van der Waals surface area contributed by atoms with Crippen LogP contribution in [0.2, 0.25) is 0 Å². The summed E-state index contributed by atoms with van der Waals surface area (Å²) in [4.78, 5) is 0. The van der Waals surface area contributed by atoms with Gasteiger partial charge in [-0.25, -0.2) is 0 Å². The van der Waals surface area contributed by atoms with Crippen LogP contribution in [0.3, 0.4) is 0 Å². The summed E-state index contributed by atoms with van der Waals surface area (Å²) >= 11 is 2.59. The third-order valence-corrected chi connectivity index (χ3v) is 6.81. The first-order valence-electron chi connectivity index (χ1n) is 7.12. The number of ether oxygens (including phenoxy) is 1. The van der Waals surface area contributed by atoms with Gasteiger partial charge in [0.05, 0.1) is 6.26 Å². The van der Waals surface area contributed by atoms with E-state index in [1.165, 1.54) is 30.1 Å². The summed E-state index contributed by atoms with van der Waals surface area (Å²) < 4.78 is 6.90.